The fourth-order valence-corrected chi connectivity index (χ4v) is 2.62. The van der Waals surface area contributed by atoms with Gasteiger partial charge in [-0.2, -0.15) is 11.3 Å². The number of aliphatic carboxylic acids is 1. The third-order valence-electron chi connectivity index (χ3n) is 3.15. The smallest absolute Gasteiger partial charge is 0.306 e. The van der Waals surface area contributed by atoms with Gasteiger partial charge in [0, 0.05) is 5.69 Å². The van der Waals surface area contributed by atoms with E-state index in [0.29, 0.717) is 12.8 Å². The molecule has 2 aromatic rings. The standard InChI is InChI=1S/C16H17NO3S/c1-11(16(19)20)8-12-2-4-14(5-3-12)17-15(18)9-13-6-7-21-10-13/h2-7,10-11H,8-9H2,1H3,(H,17,18)(H,19,20). The van der Waals surface area contributed by atoms with Crippen LogP contribution >= 0.6 is 11.3 Å². The molecule has 110 valence electrons. The molecule has 0 saturated heterocycles. The van der Waals surface area contributed by atoms with E-state index < -0.39 is 11.9 Å². The Kier molecular flexibility index (Phi) is 5.11. The van der Waals surface area contributed by atoms with Gasteiger partial charge in [0.25, 0.3) is 0 Å². The van der Waals surface area contributed by atoms with Gasteiger partial charge in [0.05, 0.1) is 12.3 Å². The number of hydrogen-bond donors (Lipinski definition) is 2. The highest BCUT2D eigenvalue weighted by atomic mass is 32.1. The van der Waals surface area contributed by atoms with Crippen LogP contribution in [0.2, 0.25) is 0 Å². The first-order chi connectivity index (χ1) is 10.0. The first-order valence-electron chi connectivity index (χ1n) is 6.67. The molecule has 2 N–H and O–H groups in total. The predicted octanol–water partition coefficient (Wildman–Crippen LogP) is 3.19. The van der Waals surface area contributed by atoms with Crippen LogP contribution in [-0.4, -0.2) is 17.0 Å². The van der Waals surface area contributed by atoms with Gasteiger partial charge in [-0.05, 0) is 46.5 Å². The Balaban J connectivity index is 1.90. The number of carbonyl (C=O) groups excluding carboxylic acids is 1. The lowest BCUT2D eigenvalue weighted by molar-refractivity contribution is -0.141. The molecule has 1 aromatic heterocycles. The molecule has 0 aliphatic rings. The molecule has 0 spiro atoms. The van der Waals surface area contributed by atoms with Gasteiger partial charge in [-0.1, -0.05) is 19.1 Å². The summed E-state index contributed by atoms with van der Waals surface area (Å²) in [6, 6.07) is 9.23. The lowest BCUT2D eigenvalue weighted by atomic mass is 10.0. The number of amides is 1. The van der Waals surface area contributed by atoms with Gasteiger partial charge >= 0.3 is 5.97 Å². The molecule has 1 unspecified atom stereocenters. The SMILES string of the molecule is CC(Cc1ccc(NC(=O)Cc2ccsc2)cc1)C(=O)O. The number of anilines is 1. The van der Waals surface area contributed by atoms with Crippen LogP contribution in [0.4, 0.5) is 5.69 Å². The zero-order valence-corrected chi connectivity index (χ0v) is 12.5. The molecule has 0 aliphatic carbocycles. The van der Waals surface area contributed by atoms with Crippen molar-refractivity contribution >= 4 is 28.9 Å². The van der Waals surface area contributed by atoms with Crippen molar-refractivity contribution in [2.75, 3.05) is 5.32 Å². The summed E-state index contributed by atoms with van der Waals surface area (Å²) in [5.74, 6) is -1.27. The van der Waals surface area contributed by atoms with E-state index in [2.05, 4.69) is 5.32 Å². The number of nitrogens with one attached hydrogen (secondary N) is 1. The van der Waals surface area contributed by atoms with Gasteiger partial charge in [-0.15, -0.1) is 0 Å². The molecule has 1 heterocycles. The molecule has 1 amide bonds. The summed E-state index contributed by atoms with van der Waals surface area (Å²) >= 11 is 1.57. The molecule has 1 aromatic carbocycles. The molecule has 0 radical (unpaired) electrons. The molecule has 2 rings (SSSR count). The topological polar surface area (TPSA) is 66.4 Å². The van der Waals surface area contributed by atoms with Gasteiger partial charge < -0.3 is 10.4 Å². The second-order valence-corrected chi connectivity index (χ2v) is 5.78. The van der Waals surface area contributed by atoms with Crippen molar-refractivity contribution in [3.8, 4) is 0 Å². The second-order valence-electron chi connectivity index (χ2n) is 5.00. The Morgan fingerprint density at radius 1 is 1.19 bits per heavy atom. The van der Waals surface area contributed by atoms with Gasteiger partial charge in [0.15, 0.2) is 0 Å². The summed E-state index contributed by atoms with van der Waals surface area (Å²) in [5.41, 5.74) is 2.67. The molecule has 5 heteroatoms. The normalized spacial score (nSPS) is 11.9. The first-order valence-corrected chi connectivity index (χ1v) is 7.61. The van der Waals surface area contributed by atoms with Crippen LogP contribution < -0.4 is 5.32 Å². The summed E-state index contributed by atoms with van der Waals surface area (Å²) in [6.07, 6.45) is 0.847. The van der Waals surface area contributed by atoms with E-state index in [1.807, 2.05) is 29.0 Å². The minimum absolute atomic E-state index is 0.0555. The summed E-state index contributed by atoms with van der Waals surface area (Å²) in [4.78, 5) is 22.7. The number of hydrogen-bond acceptors (Lipinski definition) is 3. The maximum atomic E-state index is 11.8. The fraction of sp³-hybridized carbons (Fsp3) is 0.250. The third-order valence-corrected chi connectivity index (χ3v) is 3.88. The van der Waals surface area contributed by atoms with Crippen LogP contribution in [-0.2, 0) is 22.4 Å². The van der Waals surface area contributed by atoms with Crippen molar-refractivity contribution < 1.29 is 14.7 Å². The average Bonchev–Trinajstić information content (AvgIpc) is 2.93. The largest absolute Gasteiger partial charge is 0.481 e. The molecular weight excluding hydrogens is 286 g/mol. The minimum Gasteiger partial charge on any atom is -0.481 e. The number of carboxylic acids is 1. The van der Waals surface area contributed by atoms with Crippen LogP contribution in [0, 0.1) is 5.92 Å². The zero-order valence-electron chi connectivity index (χ0n) is 11.7. The number of carbonyl (C=O) groups is 2. The van der Waals surface area contributed by atoms with Crippen LogP contribution in [0.3, 0.4) is 0 Å². The zero-order chi connectivity index (χ0) is 15.2. The second kappa shape index (κ2) is 7.04. The minimum atomic E-state index is -0.803. The molecule has 0 aliphatic heterocycles. The highest BCUT2D eigenvalue weighted by Crippen LogP contribution is 2.14. The predicted molar refractivity (Wildman–Crippen MR) is 83.6 cm³/mol. The lowest BCUT2D eigenvalue weighted by Gasteiger charge is -2.08. The van der Waals surface area contributed by atoms with Crippen molar-refractivity contribution in [2.24, 2.45) is 5.92 Å². The number of carboxylic acid groups (broad SMARTS) is 1. The van der Waals surface area contributed by atoms with E-state index in [9.17, 15) is 9.59 Å². The van der Waals surface area contributed by atoms with E-state index in [4.69, 9.17) is 5.11 Å². The molecule has 0 fully saturated rings. The van der Waals surface area contributed by atoms with Gasteiger partial charge in [0.1, 0.15) is 0 Å². The van der Waals surface area contributed by atoms with E-state index in [0.717, 1.165) is 16.8 Å². The Labute approximate surface area is 127 Å². The highest BCUT2D eigenvalue weighted by molar-refractivity contribution is 7.08. The highest BCUT2D eigenvalue weighted by Gasteiger charge is 2.11. The fourth-order valence-electron chi connectivity index (χ4n) is 1.95. The molecule has 0 bridgehead atoms. The van der Waals surface area contributed by atoms with Crippen LogP contribution in [0.5, 0.6) is 0 Å². The number of thiophene rings is 1. The van der Waals surface area contributed by atoms with E-state index in [-0.39, 0.29) is 5.91 Å². The maximum absolute atomic E-state index is 11.8. The Hall–Kier alpha value is -2.14. The third kappa shape index (κ3) is 4.72. The van der Waals surface area contributed by atoms with Crippen LogP contribution in [0.1, 0.15) is 18.1 Å². The van der Waals surface area contributed by atoms with Crippen molar-refractivity contribution in [2.45, 2.75) is 19.8 Å². The van der Waals surface area contributed by atoms with Crippen molar-refractivity contribution in [3.05, 3.63) is 52.2 Å². The van der Waals surface area contributed by atoms with Crippen LogP contribution in [0.15, 0.2) is 41.1 Å². The summed E-state index contributed by atoms with van der Waals surface area (Å²) in [7, 11) is 0. The quantitative estimate of drug-likeness (QED) is 0.861. The molecule has 1 atom stereocenters. The maximum Gasteiger partial charge on any atom is 0.306 e. The first kappa shape index (κ1) is 15.3. The Morgan fingerprint density at radius 3 is 2.48 bits per heavy atom. The van der Waals surface area contributed by atoms with Crippen molar-refractivity contribution in [1.82, 2.24) is 0 Å². The lowest BCUT2D eigenvalue weighted by Crippen LogP contribution is -2.14. The summed E-state index contributed by atoms with van der Waals surface area (Å²) < 4.78 is 0. The van der Waals surface area contributed by atoms with E-state index in [1.165, 1.54) is 0 Å². The van der Waals surface area contributed by atoms with Crippen LogP contribution in [0.25, 0.3) is 0 Å². The van der Waals surface area contributed by atoms with E-state index >= 15 is 0 Å². The van der Waals surface area contributed by atoms with Gasteiger partial charge in [-0.3, -0.25) is 9.59 Å². The monoisotopic (exact) mass is 303 g/mol. The number of rotatable bonds is 6. The Morgan fingerprint density at radius 2 is 1.90 bits per heavy atom. The van der Waals surface area contributed by atoms with Gasteiger partial charge in [-0.25, -0.2) is 0 Å². The average molecular weight is 303 g/mol. The number of benzene rings is 1. The molecule has 0 saturated carbocycles. The Bertz CT molecular complexity index is 605. The van der Waals surface area contributed by atoms with Crippen molar-refractivity contribution in [3.63, 3.8) is 0 Å². The van der Waals surface area contributed by atoms with Crippen molar-refractivity contribution in [1.29, 1.82) is 0 Å². The summed E-state index contributed by atoms with van der Waals surface area (Å²) in [6.45, 7) is 1.68. The summed E-state index contributed by atoms with van der Waals surface area (Å²) in [5, 5.41) is 15.6. The molecular formula is C16H17NO3S. The van der Waals surface area contributed by atoms with Gasteiger partial charge in [0.2, 0.25) is 5.91 Å². The van der Waals surface area contributed by atoms with E-state index in [1.54, 1.807) is 30.4 Å². The molecule has 4 nitrogen and oxygen atoms in total. The molecule has 21 heavy (non-hydrogen) atoms.